The van der Waals surface area contributed by atoms with Gasteiger partial charge in [-0.2, -0.15) is 5.21 Å². The van der Waals surface area contributed by atoms with Crippen LogP contribution in [0.4, 0.5) is 5.82 Å². The molecule has 34 heavy (non-hydrogen) atoms. The molecule has 0 fully saturated rings. The lowest BCUT2D eigenvalue weighted by atomic mass is 9.98. The lowest BCUT2D eigenvalue weighted by molar-refractivity contribution is 0.0696. The number of carboxylic acids is 1. The maximum atomic E-state index is 11.7. The molecule has 2 N–H and O–H groups in total. The van der Waals surface area contributed by atoms with Crippen molar-refractivity contribution < 1.29 is 9.90 Å². The molecule has 9 nitrogen and oxygen atoms in total. The number of nitrogens with zero attached hydrogens (tertiary/aromatic N) is 6. The van der Waals surface area contributed by atoms with Crippen LogP contribution in [0.1, 0.15) is 41.5 Å². The fourth-order valence-electron chi connectivity index (χ4n) is 3.65. The number of aromatic carboxylic acids is 1. The molecule has 0 unspecified atom stereocenters. The first-order valence-electron chi connectivity index (χ1n) is 10.8. The predicted molar refractivity (Wildman–Crippen MR) is 132 cm³/mol. The third-order valence-electron chi connectivity index (χ3n) is 5.36. The second-order valence-electron chi connectivity index (χ2n) is 7.77. The number of hydrogen-bond acceptors (Lipinski definition) is 7. The molecule has 10 heteroatoms. The van der Waals surface area contributed by atoms with E-state index in [0.29, 0.717) is 24.0 Å². The van der Waals surface area contributed by atoms with Crippen LogP contribution in [0, 0.1) is 0 Å². The number of tetrazole rings is 1. The van der Waals surface area contributed by atoms with Crippen LogP contribution in [0.25, 0.3) is 22.5 Å². The van der Waals surface area contributed by atoms with E-state index in [-0.39, 0.29) is 18.0 Å². The average molecular weight is 480 g/mol. The Kier molecular flexibility index (Phi) is 8.26. The van der Waals surface area contributed by atoms with Crippen molar-refractivity contribution in [1.29, 1.82) is 0 Å². The maximum Gasteiger partial charge on any atom is 0.341 e. The summed E-state index contributed by atoms with van der Waals surface area (Å²) in [6.07, 6.45) is 4.12. The molecule has 0 aliphatic carbocycles. The van der Waals surface area contributed by atoms with Crippen LogP contribution >= 0.6 is 12.4 Å². The summed E-state index contributed by atoms with van der Waals surface area (Å²) < 4.78 is 0. The number of nitrogens with one attached hydrogen (secondary N) is 1. The van der Waals surface area contributed by atoms with Crippen molar-refractivity contribution in [2.24, 2.45) is 0 Å². The molecule has 4 aromatic rings. The number of carbonyl (C=O) groups is 1. The van der Waals surface area contributed by atoms with Crippen molar-refractivity contribution >= 4 is 24.2 Å². The molecule has 0 bridgehead atoms. The molecule has 0 spiro atoms. The zero-order valence-corrected chi connectivity index (χ0v) is 19.8. The van der Waals surface area contributed by atoms with Gasteiger partial charge in [-0.15, -0.1) is 22.6 Å². The van der Waals surface area contributed by atoms with E-state index < -0.39 is 5.97 Å². The molecule has 0 aliphatic rings. The first-order chi connectivity index (χ1) is 16.1. The first kappa shape index (κ1) is 24.8. The third kappa shape index (κ3) is 5.55. The molecule has 0 atom stereocenters. The standard InChI is InChI=1S/C24H25N7O2.ClH/c1-3-4-9-21-25-14-20(24(32)33)23(26-21)31(2)15-16-10-12-17(13-11-16)18-7-5-6-8-19(18)22-27-29-30-28-22;/h5-8,10-14H,3-4,9,15H2,1-2H3,(H,32,33)(H,27,28,29,30);1H. The molecule has 0 saturated carbocycles. The smallest absolute Gasteiger partial charge is 0.341 e. The summed E-state index contributed by atoms with van der Waals surface area (Å²) in [6, 6.07) is 16.0. The Labute approximate surface area is 203 Å². The van der Waals surface area contributed by atoms with Crippen molar-refractivity contribution in [3.05, 3.63) is 71.7 Å². The van der Waals surface area contributed by atoms with E-state index in [1.165, 1.54) is 6.20 Å². The van der Waals surface area contributed by atoms with E-state index in [1.54, 1.807) is 0 Å². The molecule has 0 aliphatic heterocycles. The zero-order chi connectivity index (χ0) is 23.2. The normalized spacial score (nSPS) is 10.5. The van der Waals surface area contributed by atoms with Crippen LogP contribution in [-0.4, -0.2) is 48.7 Å². The second kappa shape index (κ2) is 11.3. The highest BCUT2D eigenvalue weighted by Crippen LogP contribution is 2.30. The lowest BCUT2D eigenvalue weighted by Crippen LogP contribution is -2.22. The minimum atomic E-state index is -1.03. The van der Waals surface area contributed by atoms with Crippen LogP contribution in [0.3, 0.4) is 0 Å². The quantitative estimate of drug-likeness (QED) is 0.362. The van der Waals surface area contributed by atoms with Crippen LogP contribution in [-0.2, 0) is 13.0 Å². The molecular weight excluding hydrogens is 454 g/mol. The van der Waals surface area contributed by atoms with E-state index in [0.717, 1.165) is 41.5 Å². The molecule has 4 rings (SSSR count). The number of aromatic amines is 1. The Bertz CT molecular complexity index is 1230. The van der Waals surface area contributed by atoms with Gasteiger partial charge in [0.2, 0.25) is 5.82 Å². The van der Waals surface area contributed by atoms with Gasteiger partial charge < -0.3 is 10.0 Å². The molecule has 0 amide bonds. The van der Waals surface area contributed by atoms with E-state index in [4.69, 9.17) is 0 Å². The summed E-state index contributed by atoms with van der Waals surface area (Å²) in [4.78, 5) is 22.3. The summed E-state index contributed by atoms with van der Waals surface area (Å²) >= 11 is 0. The largest absolute Gasteiger partial charge is 0.477 e. The Morgan fingerprint density at radius 2 is 1.82 bits per heavy atom. The summed E-state index contributed by atoms with van der Waals surface area (Å²) in [5, 5.41) is 23.9. The fraction of sp³-hybridized carbons (Fsp3) is 0.250. The van der Waals surface area contributed by atoms with Crippen LogP contribution in [0.2, 0.25) is 0 Å². The topological polar surface area (TPSA) is 121 Å². The van der Waals surface area contributed by atoms with Crippen molar-refractivity contribution in [2.75, 3.05) is 11.9 Å². The molecule has 2 aromatic heterocycles. The van der Waals surface area contributed by atoms with Gasteiger partial charge in [0.1, 0.15) is 17.2 Å². The van der Waals surface area contributed by atoms with Crippen molar-refractivity contribution in [3.8, 4) is 22.5 Å². The van der Waals surface area contributed by atoms with E-state index in [2.05, 4.69) is 37.5 Å². The average Bonchev–Trinajstić information content (AvgIpc) is 3.38. The van der Waals surface area contributed by atoms with E-state index >= 15 is 0 Å². The highest BCUT2D eigenvalue weighted by molar-refractivity contribution is 5.92. The monoisotopic (exact) mass is 479 g/mol. The minimum Gasteiger partial charge on any atom is -0.477 e. The molecule has 2 heterocycles. The number of H-pyrrole nitrogens is 1. The Morgan fingerprint density at radius 3 is 2.47 bits per heavy atom. The van der Waals surface area contributed by atoms with Gasteiger partial charge in [0.15, 0.2) is 0 Å². The van der Waals surface area contributed by atoms with Gasteiger partial charge in [-0.25, -0.2) is 14.8 Å². The van der Waals surface area contributed by atoms with Gasteiger partial charge in [0, 0.05) is 31.8 Å². The fourth-order valence-corrected chi connectivity index (χ4v) is 3.65. The number of anilines is 1. The number of hydrogen-bond donors (Lipinski definition) is 2. The highest BCUT2D eigenvalue weighted by atomic mass is 35.5. The van der Waals surface area contributed by atoms with Gasteiger partial charge in [0.05, 0.1) is 0 Å². The SMILES string of the molecule is CCCCc1ncc(C(=O)O)c(N(C)Cc2ccc(-c3ccccc3-c3nn[nH]n3)cc2)n1.Cl. The molecule has 176 valence electrons. The predicted octanol–water partition coefficient (Wildman–Crippen LogP) is 4.42. The number of benzene rings is 2. The molecule has 2 aromatic carbocycles. The maximum absolute atomic E-state index is 11.7. The van der Waals surface area contributed by atoms with Crippen LogP contribution in [0.5, 0.6) is 0 Å². The number of carboxylic acid groups (broad SMARTS) is 1. The van der Waals surface area contributed by atoms with Crippen LogP contribution < -0.4 is 4.90 Å². The highest BCUT2D eigenvalue weighted by Gasteiger charge is 2.18. The number of unbranched alkanes of at least 4 members (excludes halogenated alkanes) is 1. The van der Waals surface area contributed by atoms with Gasteiger partial charge in [-0.3, -0.25) is 0 Å². The van der Waals surface area contributed by atoms with Crippen molar-refractivity contribution in [2.45, 2.75) is 32.7 Å². The lowest BCUT2D eigenvalue weighted by Gasteiger charge is -2.21. The Balaban J connectivity index is 0.00000324. The Hall–Kier alpha value is -3.85. The first-order valence-corrected chi connectivity index (χ1v) is 10.8. The summed E-state index contributed by atoms with van der Waals surface area (Å²) in [7, 11) is 1.85. The van der Waals surface area contributed by atoms with E-state index in [1.807, 2.05) is 60.5 Å². The Morgan fingerprint density at radius 1 is 1.09 bits per heavy atom. The molecule has 0 saturated heterocycles. The minimum absolute atomic E-state index is 0. The summed E-state index contributed by atoms with van der Waals surface area (Å²) in [6.45, 7) is 2.61. The third-order valence-corrected chi connectivity index (χ3v) is 5.36. The van der Waals surface area contributed by atoms with Gasteiger partial charge in [0.25, 0.3) is 0 Å². The number of rotatable bonds is 9. The zero-order valence-electron chi connectivity index (χ0n) is 19.0. The van der Waals surface area contributed by atoms with E-state index in [9.17, 15) is 9.90 Å². The van der Waals surface area contributed by atoms with Gasteiger partial charge >= 0.3 is 5.97 Å². The second-order valence-corrected chi connectivity index (χ2v) is 7.77. The van der Waals surface area contributed by atoms with Gasteiger partial charge in [-0.1, -0.05) is 61.9 Å². The van der Waals surface area contributed by atoms with Gasteiger partial charge in [-0.05, 0) is 28.3 Å². The molecular formula is C24H26ClN7O2. The van der Waals surface area contributed by atoms with Crippen molar-refractivity contribution in [1.82, 2.24) is 30.6 Å². The summed E-state index contributed by atoms with van der Waals surface area (Å²) in [5.41, 5.74) is 4.05. The number of aryl methyl sites for hydroxylation is 1. The van der Waals surface area contributed by atoms with Crippen LogP contribution in [0.15, 0.2) is 54.7 Å². The molecule has 0 radical (unpaired) electrons. The summed E-state index contributed by atoms with van der Waals surface area (Å²) in [5.74, 6) is 0.595. The number of halogens is 1. The van der Waals surface area contributed by atoms with Crippen molar-refractivity contribution in [3.63, 3.8) is 0 Å². The number of aromatic nitrogens is 6.